The number of thiazole rings is 1. The zero-order valence-corrected chi connectivity index (χ0v) is 17.7. The van der Waals surface area contributed by atoms with Gasteiger partial charge in [-0.15, -0.1) is 11.3 Å². The molecule has 7 nitrogen and oxygen atoms in total. The Morgan fingerprint density at radius 1 is 1.07 bits per heavy atom. The van der Waals surface area contributed by atoms with Crippen molar-refractivity contribution in [1.82, 2.24) is 4.98 Å². The lowest BCUT2D eigenvalue weighted by Gasteiger charge is -2.14. The van der Waals surface area contributed by atoms with E-state index in [1.165, 1.54) is 18.4 Å². The van der Waals surface area contributed by atoms with Crippen molar-refractivity contribution in [3.8, 4) is 17.2 Å². The van der Waals surface area contributed by atoms with E-state index in [0.717, 1.165) is 5.56 Å². The first kappa shape index (κ1) is 21.3. The lowest BCUT2D eigenvalue weighted by atomic mass is 10.1. The highest BCUT2D eigenvalue weighted by Crippen LogP contribution is 2.29. The van der Waals surface area contributed by atoms with E-state index in [1.807, 2.05) is 13.8 Å². The number of aromatic nitrogens is 1. The number of ether oxygens (including phenoxy) is 3. The minimum atomic E-state index is -0.308. The molecule has 0 fully saturated rings. The number of nitrogens with one attached hydrogen (secondary N) is 1. The molecule has 8 heteroatoms. The van der Waals surface area contributed by atoms with Crippen molar-refractivity contribution in [3.05, 3.63) is 65.2 Å². The molecule has 1 amide bonds. The summed E-state index contributed by atoms with van der Waals surface area (Å²) in [6.45, 7) is 3.81. The van der Waals surface area contributed by atoms with Crippen molar-refractivity contribution in [2.75, 3.05) is 12.4 Å². The Labute approximate surface area is 178 Å². The van der Waals surface area contributed by atoms with Gasteiger partial charge in [0, 0.05) is 23.2 Å². The van der Waals surface area contributed by atoms with Crippen LogP contribution in [0.2, 0.25) is 0 Å². The van der Waals surface area contributed by atoms with Crippen molar-refractivity contribution in [2.45, 2.75) is 26.4 Å². The van der Waals surface area contributed by atoms with Gasteiger partial charge in [-0.2, -0.15) is 0 Å². The highest BCUT2D eigenvalue weighted by molar-refractivity contribution is 7.13. The number of carbonyl (C=O) groups excluding carboxylic acids is 2. The molecule has 30 heavy (non-hydrogen) atoms. The molecule has 2 aromatic carbocycles. The standard InChI is InChI=1S/C22H22N2O5S/c1-14(2)28-18-11-16(21(26)24-22-23-8-9-30-22)12-19(13-18)29-17-6-4-15(5-7-17)10-20(25)27-3/h4-9,11-14H,10H2,1-3H3,(H,23,24,26). The van der Waals surface area contributed by atoms with Crippen LogP contribution in [0.15, 0.2) is 54.0 Å². The van der Waals surface area contributed by atoms with Gasteiger partial charge in [0.2, 0.25) is 0 Å². The summed E-state index contributed by atoms with van der Waals surface area (Å²) in [6.07, 6.45) is 1.75. The number of methoxy groups -OCH3 is 1. The number of hydrogen-bond acceptors (Lipinski definition) is 7. The molecule has 0 aliphatic heterocycles. The fourth-order valence-corrected chi connectivity index (χ4v) is 3.13. The average Bonchev–Trinajstić information content (AvgIpc) is 3.21. The first-order valence-electron chi connectivity index (χ1n) is 9.29. The third-order valence-corrected chi connectivity index (χ3v) is 4.59. The molecule has 1 aromatic heterocycles. The van der Waals surface area contributed by atoms with Gasteiger partial charge in [-0.25, -0.2) is 4.98 Å². The number of anilines is 1. The second-order valence-corrected chi connectivity index (χ2v) is 7.54. The van der Waals surface area contributed by atoms with Crippen LogP contribution in [0.25, 0.3) is 0 Å². The van der Waals surface area contributed by atoms with Gasteiger partial charge in [0.15, 0.2) is 5.13 Å². The van der Waals surface area contributed by atoms with Gasteiger partial charge in [0.25, 0.3) is 5.91 Å². The molecule has 0 saturated heterocycles. The van der Waals surface area contributed by atoms with Crippen LogP contribution in [0.4, 0.5) is 5.13 Å². The van der Waals surface area contributed by atoms with Crippen molar-refractivity contribution < 1.29 is 23.8 Å². The van der Waals surface area contributed by atoms with Gasteiger partial charge < -0.3 is 14.2 Å². The first-order valence-corrected chi connectivity index (χ1v) is 10.2. The van der Waals surface area contributed by atoms with Crippen LogP contribution in [0, 0.1) is 0 Å². The molecule has 0 spiro atoms. The summed E-state index contributed by atoms with van der Waals surface area (Å²) in [4.78, 5) is 28.1. The summed E-state index contributed by atoms with van der Waals surface area (Å²) in [6, 6.07) is 12.1. The Balaban J connectivity index is 1.80. The van der Waals surface area contributed by atoms with Gasteiger partial charge in [-0.1, -0.05) is 12.1 Å². The van der Waals surface area contributed by atoms with Crippen LogP contribution >= 0.6 is 11.3 Å². The normalized spacial score (nSPS) is 10.5. The van der Waals surface area contributed by atoms with Gasteiger partial charge in [-0.3, -0.25) is 14.9 Å². The van der Waals surface area contributed by atoms with Crippen LogP contribution in [0.1, 0.15) is 29.8 Å². The predicted molar refractivity (Wildman–Crippen MR) is 115 cm³/mol. The fourth-order valence-electron chi connectivity index (χ4n) is 2.61. The Morgan fingerprint density at radius 3 is 2.43 bits per heavy atom. The van der Waals surface area contributed by atoms with Crippen molar-refractivity contribution >= 4 is 28.3 Å². The smallest absolute Gasteiger partial charge is 0.309 e. The van der Waals surface area contributed by atoms with E-state index in [9.17, 15) is 9.59 Å². The van der Waals surface area contributed by atoms with Crippen LogP contribution < -0.4 is 14.8 Å². The SMILES string of the molecule is COC(=O)Cc1ccc(Oc2cc(OC(C)C)cc(C(=O)Nc3nccs3)c2)cc1. The minimum Gasteiger partial charge on any atom is -0.491 e. The minimum absolute atomic E-state index is 0.0623. The number of hydrogen-bond donors (Lipinski definition) is 1. The number of nitrogens with zero attached hydrogens (tertiary/aromatic N) is 1. The van der Waals surface area contributed by atoms with E-state index in [4.69, 9.17) is 9.47 Å². The highest BCUT2D eigenvalue weighted by atomic mass is 32.1. The van der Waals surface area contributed by atoms with Crippen LogP contribution in [0.5, 0.6) is 17.2 Å². The third kappa shape index (κ3) is 6.05. The molecule has 0 aliphatic carbocycles. The van der Waals surface area contributed by atoms with Gasteiger partial charge in [0.05, 0.1) is 19.6 Å². The van der Waals surface area contributed by atoms with E-state index in [-0.39, 0.29) is 24.4 Å². The summed E-state index contributed by atoms with van der Waals surface area (Å²) >= 11 is 1.34. The molecule has 0 bridgehead atoms. The zero-order valence-electron chi connectivity index (χ0n) is 16.9. The van der Waals surface area contributed by atoms with Gasteiger partial charge in [0.1, 0.15) is 17.2 Å². The van der Waals surface area contributed by atoms with E-state index < -0.39 is 0 Å². The Hall–Kier alpha value is -3.39. The van der Waals surface area contributed by atoms with Gasteiger partial charge in [-0.05, 0) is 43.7 Å². The lowest BCUT2D eigenvalue weighted by Crippen LogP contribution is -2.13. The maximum atomic E-state index is 12.6. The molecule has 0 atom stereocenters. The number of carbonyl (C=O) groups is 2. The highest BCUT2D eigenvalue weighted by Gasteiger charge is 2.13. The van der Waals surface area contributed by atoms with E-state index >= 15 is 0 Å². The lowest BCUT2D eigenvalue weighted by molar-refractivity contribution is -0.139. The molecule has 0 saturated carbocycles. The summed E-state index contributed by atoms with van der Waals surface area (Å²) in [7, 11) is 1.36. The number of benzene rings is 2. The van der Waals surface area contributed by atoms with Crippen molar-refractivity contribution in [1.29, 1.82) is 0 Å². The Bertz CT molecular complexity index is 1000. The van der Waals surface area contributed by atoms with E-state index in [0.29, 0.717) is 27.9 Å². The van der Waals surface area contributed by atoms with Crippen molar-refractivity contribution in [3.63, 3.8) is 0 Å². The molecule has 156 valence electrons. The summed E-state index contributed by atoms with van der Waals surface area (Å²) < 4.78 is 16.4. The Kier molecular flexibility index (Phi) is 7.03. The van der Waals surface area contributed by atoms with Crippen LogP contribution in [-0.2, 0) is 16.0 Å². The summed E-state index contributed by atoms with van der Waals surface area (Å²) in [5.74, 6) is 0.930. The quantitative estimate of drug-likeness (QED) is 0.526. The van der Waals surface area contributed by atoms with Crippen LogP contribution in [0.3, 0.4) is 0 Å². The fraction of sp³-hybridized carbons (Fsp3) is 0.227. The number of amides is 1. The second-order valence-electron chi connectivity index (χ2n) is 6.65. The number of rotatable bonds is 8. The number of esters is 1. The second kappa shape index (κ2) is 9.89. The van der Waals surface area contributed by atoms with E-state index in [2.05, 4.69) is 15.0 Å². The topological polar surface area (TPSA) is 86.8 Å². The molecule has 0 unspecified atom stereocenters. The molecular weight excluding hydrogens is 404 g/mol. The maximum Gasteiger partial charge on any atom is 0.309 e. The molecule has 1 heterocycles. The molecular formula is C22H22N2O5S. The van der Waals surface area contributed by atoms with Crippen LogP contribution in [-0.4, -0.2) is 30.1 Å². The van der Waals surface area contributed by atoms with E-state index in [1.54, 1.807) is 54.0 Å². The maximum absolute atomic E-state index is 12.6. The molecule has 0 aliphatic rings. The molecule has 3 rings (SSSR count). The molecule has 0 radical (unpaired) electrons. The molecule has 1 N–H and O–H groups in total. The predicted octanol–water partition coefficient (Wildman–Crippen LogP) is 4.69. The van der Waals surface area contributed by atoms with Gasteiger partial charge >= 0.3 is 5.97 Å². The zero-order chi connectivity index (χ0) is 21.5. The monoisotopic (exact) mass is 426 g/mol. The van der Waals surface area contributed by atoms with Crippen molar-refractivity contribution in [2.24, 2.45) is 0 Å². The third-order valence-electron chi connectivity index (χ3n) is 3.90. The average molecular weight is 426 g/mol. The largest absolute Gasteiger partial charge is 0.491 e. The first-order chi connectivity index (χ1) is 14.4. The Morgan fingerprint density at radius 2 is 1.80 bits per heavy atom. The summed E-state index contributed by atoms with van der Waals surface area (Å²) in [5, 5.41) is 5.05. The summed E-state index contributed by atoms with van der Waals surface area (Å²) in [5.41, 5.74) is 1.20. The molecule has 3 aromatic rings.